The lowest BCUT2D eigenvalue weighted by Crippen LogP contribution is -2.20. The van der Waals surface area contributed by atoms with Crippen LogP contribution in [0, 0.1) is 0 Å². The number of imide groups is 1. The fourth-order valence-corrected chi connectivity index (χ4v) is 0.471. The van der Waals surface area contributed by atoms with Gasteiger partial charge in [-0.2, -0.15) is 0 Å². The summed E-state index contributed by atoms with van der Waals surface area (Å²) in [5, 5.41) is 0. The Morgan fingerprint density at radius 1 is 1.33 bits per heavy atom. The number of carbonyl (C=O) groups excluding carboxylic acids is 2. The lowest BCUT2D eigenvalue weighted by Gasteiger charge is -2.05. The van der Waals surface area contributed by atoms with Crippen LogP contribution in [-0.4, -0.2) is 24.3 Å². The van der Waals surface area contributed by atoms with E-state index in [-0.39, 0.29) is 0 Å². The predicted octanol–water partition coefficient (Wildman–Crippen LogP) is 0.401. The van der Waals surface area contributed by atoms with Crippen LogP contribution in [-0.2, 0) is 9.59 Å². The first kappa shape index (κ1) is 8.14. The van der Waals surface area contributed by atoms with Crippen molar-refractivity contribution in [2.75, 3.05) is 6.54 Å². The second kappa shape index (κ2) is 5.28. The largest absolute Gasteiger partial charge is 0.288 e. The number of carbonyl (C=O) groups is 2. The van der Waals surface area contributed by atoms with Crippen molar-refractivity contribution in [3.8, 4) is 0 Å². The maximum atomic E-state index is 9.94. The summed E-state index contributed by atoms with van der Waals surface area (Å²) in [6.45, 7) is 2.55. The van der Waals surface area contributed by atoms with Crippen LogP contribution in [0.4, 0.5) is 0 Å². The standard InChI is InChI=1S/C6H11NO2/c1-2-3-4-7(5-8)6-9/h5-6H,2-4H2,1H3. The van der Waals surface area contributed by atoms with Gasteiger partial charge in [0.05, 0.1) is 0 Å². The Hall–Kier alpha value is -0.860. The number of hydrogen-bond donors (Lipinski definition) is 0. The van der Waals surface area contributed by atoms with Crippen molar-refractivity contribution >= 4 is 12.8 Å². The molecule has 9 heavy (non-hydrogen) atoms. The van der Waals surface area contributed by atoms with Crippen molar-refractivity contribution in [3.63, 3.8) is 0 Å². The van der Waals surface area contributed by atoms with Gasteiger partial charge in [0, 0.05) is 6.54 Å². The fourth-order valence-electron chi connectivity index (χ4n) is 0.471. The molecule has 0 atom stereocenters. The number of amides is 2. The molecule has 0 aromatic heterocycles. The average Bonchev–Trinajstić information content (AvgIpc) is 1.91. The highest BCUT2D eigenvalue weighted by Crippen LogP contribution is 1.87. The van der Waals surface area contributed by atoms with E-state index in [1.807, 2.05) is 6.92 Å². The number of unbranched alkanes of at least 4 members (excludes halogenated alkanes) is 1. The minimum absolute atomic E-state index is 0.544. The minimum atomic E-state index is 0.544. The summed E-state index contributed by atoms with van der Waals surface area (Å²) in [4.78, 5) is 21.0. The van der Waals surface area contributed by atoms with E-state index < -0.39 is 0 Å². The highest BCUT2D eigenvalue weighted by Gasteiger charge is 1.94. The Morgan fingerprint density at radius 3 is 2.22 bits per heavy atom. The van der Waals surface area contributed by atoms with E-state index in [2.05, 4.69) is 0 Å². The molecule has 0 spiro atoms. The van der Waals surface area contributed by atoms with Gasteiger partial charge in [0.2, 0.25) is 12.8 Å². The SMILES string of the molecule is CCCCN(C=O)C=O. The van der Waals surface area contributed by atoms with Gasteiger partial charge in [-0.1, -0.05) is 13.3 Å². The lowest BCUT2D eigenvalue weighted by atomic mass is 10.3. The van der Waals surface area contributed by atoms with Crippen LogP contribution >= 0.6 is 0 Å². The third kappa shape index (κ3) is 3.70. The molecule has 0 unspecified atom stereocenters. The second-order valence-corrected chi connectivity index (χ2v) is 1.80. The quantitative estimate of drug-likeness (QED) is 0.504. The molecular formula is C6H11NO2. The summed E-state index contributed by atoms with van der Waals surface area (Å²) in [6, 6.07) is 0. The summed E-state index contributed by atoms with van der Waals surface area (Å²) in [5.74, 6) is 0. The molecule has 0 rings (SSSR count). The predicted molar refractivity (Wildman–Crippen MR) is 33.7 cm³/mol. The van der Waals surface area contributed by atoms with Crippen LogP contribution in [0.3, 0.4) is 0 Å². The maximum absolute atomic E-state index is 9.94. The summed E-state index contributed by atoms with van der Waals surface area (Å²) >= 11 is 0. The highest BCUT2D eigenvalue weighted by atomic mass is 16.2. The second-order valence-electron chi connectivity index (χ2n) is 1.80. The van der Waals surface area contributed by atoms with Crippen molar-refractivity contribution in [2.45, 2.75) is 19.8 Å². The Balaban J connectivity index is 3.30. The van der Waals surface area contributed by atoms with Gasteiger partial charge >= 0.3 is 0 Å². The molecule has 0 bridgehead atoms. The molecule has 0 radical (unpaired) electrons. The summed E-state index contributed by atoms with van der Waals surface area (Å²) in [7, 11) is 0. The molecule has 0 fully saturated rings. The van der Waals surface area contributed by atoms with Crippen molar-refractivity contribution in [1.82, 2.24) is 4.90 Å². The van der Waals surface area contributed by atoms with Crippen LogP contribution < -0.4 is 0 Å². The Kier molecular flexibility index (Phi) is 4.78. The Bertz CT molecular complexity index is 85.1. The monoisotopic (exact) mass is 129 g/mol. The van der Waals surface area contributed by atoms with Gasteiger partial charge in [0.25, 0.3) is 0 Å². The van der Waals surface area contributed by atoms with E-state index in [0.29, 0.717) is 19.4 Å². The summed E-state index contributed by atoms with van der Waals surface area (Å²) in [5.41, 5.74) is 0. The number of nitrogens with zero attached hydrogens (tertiary/aromatic N) is 1. The summed E-state index contributed by atoms with van der Waals surface area (Å²) in [6.07, 6.45) is 2.97. The molecule has 3 nitrogen and oxygen atoms in total. The fraction of sp³-hybridized carbons (Fsp3) is 0.667. The molecule has 0 aromatic rings. The van der Waals surface area contributed by atoms with E-state index >= 15 is 0 Å². The average molecular weight is 129 g/mol. The van der Waals surface area contributed by atoms with Crippen LogP contribution in [0.5, 0.6) is 0 Å². The molecule has 0 aliphatic carbocycles. The van der Waals surface area contributed by atoms with Crippen molar-refractivity contribution in [2.24, 2.45) is 0 Å². The molecule has 0 saturated carbocycles. The molecule has 3 heteroatoms. The molecule has 0 saturated heterocycles. The van der Waals surface area contributed by atoms with Crippen LogP contribution in [0.1, 0.15) is 19.8 Å². The van der Waals surface area contributed by atoms with Crippen LogP contribution in [0.2, 0.25) is 0 Å². The topological polar surface area (TPSA) is 37.4 Å². The first-order valence-corrected chi connectivity index (χ1v) is 3.01. The van der Waals surface area contributed by atoms with Gasteiger partial charge in [-0.05, 0) is 6.42 Å². The van der Waals surface area contributed by atoms with Crippen LogP contribution in [0.15, 0.2) is 0 Å². The van der Waals surface area contributed by atoms with E-state index in [0.717, 1.165) is 17.7 Å². The summed E-state index contributed by atoms with van der Waals surface area (Å²) < 4.78 is 0. The molecule has 52 valence electrons. The molecule has 0 aromatic carbocycles. The van der Waals surface area contributed by atoms with Crippen molar-refractivity contribution in [1.29, 1.82) is 0 Å². The van der Waals surface area contributed by atoms with E-state index in [1.165, 1.54) is 0 Å². The van der Waals surface area contributed by atoms with Gasteiger partial charge < -0.3 is 0 Å². The van der Waals surface area contributed by atoms with Crippen molar-refractivity contribution in [3.05, 3.63) is 0 Å². The number of rotatable bonds is 5. The lowest BCUT2D eigenvalue weighted by molar-refractivity contribution is -0.129. The third-order valence-corrected chi connectivity index (χ3v) is 1.04. The first-order valence-electron chi connectivity index (χ1n) is 3.01. The molecule has 0 N–H and O–H groups in total. The highest BCUT2D eigenvalue weighted by molar-refractivity contribution is 5.68. The smallest absolute Gasteiger partial charge is 0.216 e. The van der Waals surface area contributed by atoms with Crippen molar-refractivity contribution < 1.29 is 9.59 Å². The number of hydrogen-bond acceptors (Lipinski definition) is 2. The third-order valence-electron chi connectivity index (χ3n) is 1.04. The van der Waals surface area contributed by atoms with Gasteiger partial charge in [-0.15, -0.1) is 0 Å². The zero-order chi connectivity index (χ0) is 7.11. The molecule has 0 heterocycles. The normalized spacial score (nSPS) is 8.56. The Morgan fingerprint density at radius 2 is 1.89 bits per heavy atom. The molecular weight excluding hydrogens is 118 g/mol. The molecule has 0 aliphatic rings. The maximum Gasteiger partial charge on any atom is 0.216 e. The zero-order valence-electron chi connectivity index (χ0n) is 5.54. The minimum Gasteiger partial charge on any atom is -0.288 e. The van der Waals surface area contributed by atoms with E-state index in [9.17, 15) is 9.59 Å². The van der Waals surface area contributed by atoms with Gasteiger partial charge in [0.15, 0.2) is 0 Å². The molecule has 0 aliphatic heterocycles. The van der Waals surface area contributed by atoms with Gasteiger partial charge in [0.1, 0.15) is 0 Å². The van der Waals surface area contributed by atoms with E-state index in [4.69, 9.17) is 0 Å². The first-order chi connectivity index (χ1) is 4.35. The van der Waals surface area contributed by atoms with Gasteiger partial charge in [-0.3, -0.25) is 14.5 Å². The van der Waals surface area contributed by atoms with E-state index in [1.54, 1.807) is 0 Å². The van der Waals surface area contributed by atoms with Gasteiger partial charge in [-0.25, -0.2) is 0 Å². The molecule has 2 amide bonds. The van der Waals surface area contributed by atoms with Crippen LogP contribution in [0.25, 0.3) is 0 Å². The Labute approximate surface area is 54.6 Å². The zero-order valence-corrected chi connectivity index (χ0v) is 5.54.